The first-order chi connectivity index (χ1) is 11.4. The Kier molecular flexibility index (Phi) is 4.47. The molecule has 1 aliphatic heterocycles. The Balaban J connectivity index is 1.53. The van der Waals surface area contributed by atoms with Gasteiger partial charge in [0, 0.05) is 19.1 Å². The Bertz CT molecular complexity index is 634. The summed E-state index contributed by atoms with van der Waals surface area (Å²) in [6.07, 6.45) is 3.17. The lowest BCUT2D eigenvalue weighted by Gasteiger charge is -2.22. The van der Waals surface area contributed by atoms with Crippen molar-refractivity contribution in [1.82, 2.24) is 10.2 Å². The molecule has 2 N–H and O–H groups in total. The van der Waals surface area contributed by atoms with Gasteiger partial charge in [-0.25, -0.2) is 9.18 Å². The molecule has 0 radical (unpaired) electrons. The van der Waals surface area contributed by atoms with Crippen LogP contribution in [0.3, 0.4) is 0 Å². The fourth-order valence-electron chi connectivity index (χ4n) is 3.73. The number of likely N-dealkylation sites (tertiary alicyclic amines) is 1. The predicted molar refractivity (Wildman–Crippen MR) is 87.2 cm³/mol. The summed E-state index contributed by atoms with van der Waals surface area (Å²) in [5.74, 6) is -0.758. The highest BCUT2D eigenvalue weighted by molar-refractivity contribution is 5.79. The van der Waals surface area contributed by atoms with Gasteiger partial charge in [0.05, 0.1) is 5.41 Å². The maximum Gasteiger partial charge on any atom is 0.317 e. The van der Waals surface area contributed by atoms with E-state index in [0.717, 1.165) is 24.8 Å². The van der Waals surface area contributed by atoms with Crippen molar-refractivity contribution in [3.63, 3.8) is 0 Å². The van der Waals surface area contributed by atoms with E-state index in [1.807, 2.05) is 12.1 Å². The molecule has 1 aliphatic carbocycles. The summed E-state index contributed by atoms with van der Waals surface area (Å²) in [4.78, 5) is 25.2. The van der Waals surface area contributed by atoms with Crippen molar-refractivity contribution in [3.8, 4) is 0 Å². The van der Waals surface area contributed by atoms with Crippen LogP contribution in [0.4, 0.5) is 9.18 Å². The van der Waals surface area contributed by atoms with E-state index in [4.69, 9.17) is 0 Å². The van der Waals surface area contributed by atoms with Crippen LogP contribution >= 0.6 is 0 Å². The number of urea groups is 1. The minimum Gasteiger partial charge on any atom is -0.481 e. The SMILES string of the molecule is CC1(C(=O)O)CCN(C(=O)NC2CCC(c3ccc(F)cc3)C2)C1. The average Bonchev–Trinajstić information content (AvgIpc) is 3.16. The normalized spacial score (nSPS) is 29.7. The van der Waals surface area contributed by atoms with Gasteiger partial charge in [-0.15, -0.1) is 0 Å². The van der Waals surface area contributed by atoms with Gasteiger partial charge in [0.25, 0.3) is 0 Å². The van der Waals surface area contributed by atoms with Crippen molar-refractivity contribution in [1.29, 1.82) is 0 Å². The van der Waals surface area contributed by atoms with Crippen LogP contribution in [-0.2, 0) is 4.79 Å². The summed E-state index contributed by atoms with van der Waals surface area (Å²) in [7, 11) is 0. The second kappa shape index (κ2) is 6.42. The summed E-state index contributed by atoms with van der Waals surface area (Å²) in [5, 5.41) is 12.3. The summed E-state index contributed by atoms with van der Waals surface area (Å²) >= 11 is 0. The second-order valence-corrected chi connectivity index (χ2v) is 7.25. The smallest absolute Gasteiger partial charge is 0.317 e. The minimum absolute atomic E-state index is 0.0873. The highest BCUT2D eigenvalue weighted by atomic mass is 19.1. The van der Waals surface area contributed by atoms with Crippen LogP contribution < -0.4 is 5.32 Å². The van der Waals surface area contributed by atoms with Crippen molar-refractivity contribution in [2.75, 3.05) is 13.1 Å². The van der Waals surface area contributed by atoms with Gasteiger partial charge in [-0.05, 0) is 56.2 Å². The Morgan fingerprint density at radius 1 is 1.29 bits per heavy atom. The van der Waals surface area contributed by atoms with E-state index < -0.39 is 11.4 Å². The lowest BCUT2D eigenvalue weighted by Crippen LogP contribution is -2.44. The third-order valence-corrected chi connectivity index (χ3v) is 5.38. The molecule has 3 rings (SSSR count). The molecule has 1 saturated heterocycles. The number of nitrogens with zero attached hydrogens (tertiary/aromatic N) is 1. The van der Waals surface area contributed by atoms with Gasteiger partial charge >= 0.3 is 12.0 Å². The fourth-order valence-corrected chi connectivity index (χ4v) is 3.73. The lowest BCUT2D eigenvalue weighted by atomic mass is 9.90. The molecule has 3 atom stereocenters. The molecular weight excluding hydrogens is 311 g/mol. The molecule has 1 saturated carbocycles. The zero-order valence-electron chi connectivity index (χ0n) is 13.8. The standard InChI is InChI=1S/C18H23FN2O3/c1-18(16(22)23)8-9-21(11-18)17(24)20-15-7-4-13(10-15)12-2-5-14(19)6-3-12/h2-3,5-6,13,15H,4,7-11H2,1H3,(H,20,24)(H,22,23). The molecule has 6 heteroatoms. The fraction of sp³-hybridized carbons (Fsp3) is 0.556. The van der Waals surface area contributed by atoms with Crippen LogP contribution in [0.5, 0.6) is 0 Å². The van der Waals surface area contributed by atoms with Crippen molar-refractivity contribution in [3.05, 3.63) is 35.6 Å². The van der Waals surface area contributed by atoms with E-state index in [-0.39, 0.29) is 24.4 Å². The molecular formula is C18H23FN2O3. The summed E-state index contributed by atoms with van der Waals surface area (Å²) in [6.45, 7) is 2.41. The topological polar surface area (TPSA) is 69.6 Å². The first-order valence-electron chi connectivity index (χ1n) is 8.42. The number of aliphatic carboxylic acids is 1. The molecule has 1 aromatic carbocycles. The minimum atomic E-state index is -0.852. The number of nitrogens with one attached hydrogen (secondary N) is 1. The van der Waals surface area contributed by atoms with E-state index in [1.54, 1.807) is 11.8 Å². The molecule has 1 heterocycles. The summed E-state index contributed by atoms with van der Waals surface area (Å²) in [5.41, 5.74) is 0.261. The van der Waals surface area contributed by atoms with Gasteiger partial charge in [-0.3, -0.25) is 4.79 Å². The van der Waals surface area contributed by atoms with E-state index in [0.29, 0.717) is 18.9 Å². The number of rotatable bonds is 3. The van der Waals surface area contributed by atoms with E-state index in [9.17, 15) is 19.1 Å². The van der Waals surface area contributed by atoms with Gasteiger partial charge < -0.3 is 15.3 Å². The Morgan fingerprint density at radius 2 is 2.00 bits per heavy atom. The maximum absolute atomic E-state index is 13.0. The second-order valence-electron chi connectivity index (χ2n) is 7.25. The Hall–Kier alpha value is -2.11. The molecule has 0 aromatic heterocycles. The molecule has 1 aromatic rings. The molecule has 5 nitrogen and oxygen atoms in total. The van der Waals surface area contributed by atoms with Gasteiger partial charge in [0.2, 0.25) is 0 Å². The summed E-state index contributed by atoms with van der Waals surface area (Å²) in [6, 6.07) is 6.47. The zero-order valence-corrected chi connectivity index (χ0v) is 13.8. The van der Waals surface area contributed by atoms with Gasteiger partial charge in [-0.1, -0.05) is 12.1 Å². The largest absolute Gasteiger partial charge is 0.481 e. The van der Waals surface area contributed by atoms with Gasteiger partial charge in [0.15, 0.2) is 0 Å². The molecule has 2 fully saturated rings. The summed E-state index contributed by atoms with van der Waals surface area (Å²) < 4.78 is 13.0. The number of carboxylic acids is 1. The molecule has 2 amide bonds. The van der Waals surface area contributed by atoms with E-state index in [2.05, 4.69) is 5.32 Å². The number of hydrogen-bond donors (Lipinski definition) is 2. The number of carboxylic acid groups (broad SMARTS) is 1. The van der Waals surface area contributed by atoms with Crippen LogP contribution in [0.1, 0.15) is 44.1 Å². The van der Waals surface area contributed by atoms with E-state index in [1.165, 1.54) is 12.1 Å². The van der Waals surface area contributed by atoms with Crippen molar-refractivity contribution >= 4 is 12.0 Å². The highest BCUT2D eigenvalue weighted by Gasteiger charge is 2.42. The number of hydrogen-bond acceptors (Lipinski definition) is 2. The Labute approximate surface area is 140 Å². The first kappa shape index (κ1) is 16.7. The molecule has 24 heavy (non-hydrogen) atoms. The molecule has 3 unspecified atom stereocenters. The third-order valence-electron chi connectivity index (χ3n) is 5.38. The average molecular weight is 334 g/mol. The van der Waals surface area contributed by atoms with Crippen LogP contribution in [0.2, 0.25) is 0 Å². The lowest BCUT2D eigenvalue weighted by molar-refractivity contribution is -0.147. The van der Waals surface area contributed by atoms with Crippen LogP contribution in [0.15, 0.2) is 24.3 Å². The molecule has 130 valence electrons. The van der Waals surface area contributed by atoms with Crippen molar-refractivity contribution < 1.29 is 19.1 Å². The highest BCUT2D eigenvalue weighted by Crippen LogP contribution is 2.35. The van der Waals surface area contributed by atoms with E-state index >= 15 is 0 Å². The van der Waals surface area contributed by atoms with Gasteiger partial charge in [-0.2, -0.15) is 0 Å². The number of carbonyl (C=O) groups is 2. The van der Waals surface area contributed by atoms with Crippen molar-refractivity contribution in [2.24, 2.45) is 5.41 Å². The third kappa shape index (κ3) is 3.37. The monoisotopic (exact) mass is 334 g/mol. The predicted octanol–water partition coefficient (Wildman–Crippen LogP) is 2.97. The number of amides is 2. The van der Waals surface area contributed by atoms with Crippen LogP contribution in [0.25, 0.3) is 0 Å². The number of halogens is 1. The quantitative estimate of drug-likeness (QED) is 0.893. The Morgan fingerprint density at radius 3 is 2.62 bits per heavy atom. The molecule has 0 bridgehead atoms. The molecule has 2 aliphatic rings. The van der Waals surface area contributed by atoms with Crippen LogP contribution in [0, 0.1) is 11.2 Å². The number of benzene rings is 1. The van der Waals surface area contributed by atoms with Gasteiger partial charge in [0.1, 0.15) is 5.82 Å². The van der Waals surface area contributed by atoms with Crippen LogP contribution in [-0.4, -0.2) is 41.1 Å². The maximum atomic E-state index is 13.0. The van der Waals surface area contributed by atoms with Crippen molar-refractivity contribution in [2.45, 2.75) is 44.6 Å². The zero-order chi connectivity index (χ0) is 17.3. The first-order valence-corrected chi connectivity index (χ1v) is 8.42. The molecule has 0 spiro atoms. The number of carbonyl (C=O) groups excluding carboxylic acids is 1.